The zero-order valence-corrected chi connectivity index (χ0v) is 38.7. The van der Waals surface area contributed by atoms with Gasteiger partial charge in [-0.2, -0.15) is 5.06 Å². The van der Waals surface area contributed by atoms with E-state index < -0.39 is 72.9 Å². The van der Waals surface area contributed by atoms with E-state index in [0.717, 1.165) is 23.5 Å². The summed E-state index contributed by atoms with van der Waals surface area (Å²) in [6.07, 6.45) is 0.783. The summed E-state index contributed by atoms with van der Waals surface area (Å²) in [6, 6.07) is 28.7. The number of carboxylic acids is 1. The maximum absolute atomic E-state index is 13.8. The summed E-state index contributed by atoms with van der Waals surface area (Å²) in [4.78, 5) is 96.1. The van der Waals surface area contributed by atoms with Crippen molar-refractivity contribution in [3.05, 3.63) is 143 Å². The van der Waals surface area contributed by atoms with E-state index in [1.807, 2.05) is 13.0 Å². The number of benzene rings is 4. The topological polar surface area (TPSA) is 275 Å². The van der Waals surface area contributed by atoms with E-state index in [9.17, 15) is 43.8 Å². The Balaban J connectivity index is 1.28. The van der Waals surface area contributed by atoms with Crippen molar-refractivity contribution in [3.8, 4) is 17.1 Å². The number of aliphatic carboxylic acids is 1. The number of carboxylic acid groups (broad SMARTS) is 1. The molecule has 0 fully saturated rings. The van der Waals surface area contributed by atoms with Crippen molar-refractivity contribution in [1.82, 2.24) is 21.0 Å². The number of furan rings is 1. The number of rotatable bonds is 28. The Hall–Kier alpha value is -8.03. The molecule has 5 rings (SSSR count). The van der Waals surface area contributed by atoms with Gasteiger partial charge in [0.2, 0.25) is 12.3 Å². The number of aliphatic hydroxyl groups excluding tert-OH is 1. The molecule has 0 spiro atoms. The maximum atomic E-state index is 13.8. The first kappa shape index (κ1) is 52.9. The molecule has 4 atom stereocenters. The molecule has 0 radical (unpaired) electrons. The number of para-hydroxylation sites is 1. The number of amides is 4. The molecule has 4 unspecified atom stereocenters. The highest BCUT2D eigenvalue weighted by molar-refractivity contribution is 5.98. The maximum Gasteiger partial charge on any atom is 0.365 e. The van der Waals surface area contributed by atoms with Crippen LogP contribution in [0.1, 0.15) is 94.8 Å². The van der Waals surface area contributed by atoms with E-state index in [-0.39, 0.29) is 60.4 Å². The Morgan fingerprint density at radius 1 is 0.800 bits per heavy atom. The summed E-state index contributed by atoms with van der Waals surface area (Å²) in [5.74, 6) is -6.07. The molecular weight excluding hydrogens is 907 g/mol. The Bertz CT molecular complexity index is 2540. The predicted octanol–water partition coefficient (Wildman–Crippen LogP) is 5.77. The van der Waals surface area contributed by atoms with Gasteiger partial charge in [0.15, 0.2) is 18.7 Å². The van der Waals surface area contributed by atoms with Gasteiger partial charge >= 0.3 is 17.9 Å². The second-order valence-electron chi connectivity index (χ2n) is 15.9. The van der Waals surface area contributed by atoms with E-state index in [1.165, 1.54) is 42.5 Å². The van der Waals surface area contributed by atoms with Crippen molar-refractivity contribution in [2.75, 3.05) is 19.0 Å². The molecule has 4 aromatic carbocycles. The summed E-state index contributed by atoms with van der Waals surface area (Å²) in [7, 11) is 0. The van der Waals surface area contributed by atoms with Crippen LogP contribution in [-0.2, 0) is 46.7 Å². The summed E-state index contributed by atoms with van der Waals surface area (Å²) in [5.41, 5.74) is 7.70. The molecule has 0 aliphatic carbocycles. The van der Waals surface area contributed by atoms with Crippen LogP contribution in [0.15, 0.2) is 120 Å². The van der Waals surface area contributed by atoms with Crippen LogP contribution in [0.5, 0.6) is 5.75 Å². The number of hydrogen-bond donors (Lipinski definition) is 6. The minimum Gasteiger partial charge on any atom is -0.481 e. The number of nitrogens with zero attached hydrogens (tertiary/aromatic N) is 1. The molecule has 0 saturated heterocycles. The van der Waals surface area contributed by atoms with E-state index >= 15 is 0 Å². The van der Waals surface area contributed by atoms with E-state index in [2.05, 4.69) is 16.0 Å². The van der Waals surface area contributed by atoms with E-state index in [1.54, 1.807) is 73.7 Å². The van der Waals surface area contributed by atoms with Crippen molar-refractivity contribution in [2.45, 2.75) is 84.0 Å². The van der Waals surface area contributed by atoms with Crippen LogP contribution in [0, 0.1) is 5.92 Å². The lowest BCUT2D eigenvalue weighted by molar-refractivity contribution is -0.171. The standard InChI is InChI=1S/C51H57N5O14/c1-3-5-8-20-37(41(4-2)56(32-57)70-50(64)36-19-13-14-21-39(36)52)47(61)53-31-54-49(63)43-25-24-42(69-43)35-22-23-38(44(26-35)66-30-46(60)67-28-33-15-9-6-10-16-33)48(62)55-40(27-45(58)59)51(65)68-29-34-17-11-7-12-18-34/h6-7,9-19,21-26,32,37,40-41,51,65H,3-5,8,20,27-31,52H2,1-2H3,(H,53,61)(H,54,63)(H,55,62)(H,58,59). The highest BCUT2D eigenvalue weighted by atomic mass is 16.7. The quantitative estimate of drug-likeness (QED) is 0.00867. The van der Waals surface area contributed by atoms with Crippen LogP contribution in [0.25, 0.3) is 11.3 Å². The highest BCUT2D eigenvalue weighted by Gasteiger charge is 2.34. The number of ether oxygens (including phenoxy) is 3. The number of aliphatic hydroxyl groups is 1. The minimum absolute atomic E-state index is 0.0464. The number of nitrogens with two attached hydrogens (primary N) is 1. The van der Waals surface area contributed by atoms with Gasteiger partial charge in [-0.15, -0.1) is 0 Å². The average Bonchev–Trinajstić information content (AvgIpc) is 3.87. The zero-order valence-electron chi connectivity index (χ0n) is 38.7. The lowest BCUT2D eigenvalue weighted by Gasteiger charge is -2.31. The fourth-order valence-electron chi connectivity index (χ4n) is 7.22. The van der Waals surface area contributed by atoms with Gasteiger partial charge < -0.3 is 55.4 Å². The number of nitrogens with one attached hydrogen (secondary N) is 3. The Morgan fingerprint density at radius 3 is 2.14 bits per heavy atom. The van der Waals surface area contributed by atoms with Crippen LogP contribution in [-0.4, -0.2) is 89.0 Å². The van der Waals surface area contributed by atoms with Gasteiger partial charge in [0.05, 0.1) is 48.8 Å². The Kier molecular flexibility index (Phi) is 20.5. The molecule has 1 heterocycles. The van der Waals surface area contributed by atoms with Gasteiger partial charge in [-0.1, -0.05) is 112 Å². The second kappa shape index (κ2) is 27.1. The van der Waals surface area contributed by atoms with Gasteiger partial charge in [0.25, 0.3) is 11.8 Å². The summed E-state index contributed by atoms with van der Waals surface area (Å²) >= 11 is 0. The molecule has 70 heavy (non-hydrogen) atoms. The predicted molar refractivity (Wildman–Crippen MR) is 253 cm³/mol. The van der Waals surface area contributed by atoms with Crippen molar-refractivity contribution >= 4 is 47.7 Å². The van der Waals surface area contributed by atoms with E-state index in [0.29, 0.717) is 30.4 Å². The third-order valence-electron chi connectivity index (χ3n) is 10.9. The van der Waals surface area contributed by atoms with E-state index in [4.69, 9.17) is 29.2 Å². The summed E-state index contributed by atoms with van der Waals surface area (Å²) in [6.45, 7) is 2.64. The molecule has 0 saturated carbocycles. The van der Waals surface area contributed by atoms with Gasteiger partial charge in [-0.3, -0.25) is 24.0 Å². The van der Waals surface area contributed by atoms with Crippen LogP contribution < -0.4 is 26.4 Å². The first-order valence-electron chi connectivity index (χ1n) is 22.6. The first-order chi connectivity index (χ1) is 33.8. The van der Waals surface area contributed by atoms with Gasteiger partial charge in [0.1, 0.15) is 18.1 Å². The lowest BCUT2D eigenvalue weighted by Crippen LogP contribution is -2.49. The number of unbranched alkanes of at least 4 members (excludes halogenated alkanes) is 2. The fourth-order valence-corrected chi connectivity index (χ4v) is 7.22. The average molecular weight is 964 g/mol. The normalized spacial score (nSPS) is 12.6. The Labute approximate surface area is 404 Å². The number of nitrogen functional groups attached to an aromatic ring is 1. The highest BCUT2D eigenvalue weighted by Crippen LogP contribution is 2.30. The molecule has 0 aliphatic heterocycles. The molecular formula is C51H57N5O14. The number of carbonyl (C=O) groups excluding carboxylic acids is 6. The number of carbonyl (C=O) groups is 7. The smallest absolute Gasteiger partial charge is 0.365 e. The molecule has 0 bridgehead atoms. The van der Waals surface area contributed by atoms with Crippen molar-refractivity contribution in [1.29, 1.82) is 0 Å². The number of esters is 1. The molecule has 7 N–H and O–H groups in total. The fraction of sp³-hybridized carbons (Fsp3) is 0.314. The summed E-state index contributed by atoms with van der Waals surface area (Å²) < 4.78 is 22.5. The number of hydroxylamine groups is 2. The largest absolute Gasteiger partial charge is 0.481 e. The number of hydrogen-bond acceptors (Lipinski definition) is 14. The van der Waals surface area contributed by atoms with Gasteiger partial charge in [-0.05, 0) is 60.4 Å². The van der Waals surface area contributed by atoms with Crippen LogP contribution in [0.2, 0.25) is 0 Å². The lowest BCUT2D eigenvalue weighted by atomic mass is 9.90. The van der Waals surface area contributed by atoms with Crippen LogP contribution >= 0.6 is 0 Å². The molecule has 370 valence electrons. The Morgan fingerprint density at radius 2 is 1.49 bits per heavy atom. The number of anilines is 1. The van der Waals surface area contributed by atoms with Crippen LogP contribution in [0.3, 0.4) is 0 Å². The molecule has 19 nitrogen and oxygen atoms in total. The monoisotopic (exact) mass is 963 g/mol. The van der Waals surface area contributed by atoms with Crippen molar-refractivity contribution < 1.29 is 67.2 Å². The first-order valence-corrected chi connectivity index (χ1v) is 22.6. The molecule has 19 heteroatoms. The zero-order chi connectivity index (χ0) is 50.4. The van der Waals surface area contributed by atoms with Crippen molar-refractivity contribution in [3.63, 3.8) is 0 Å². The van der Waals surface area contributed by atoms with Gasteiger partial charge in [-0.25, -0.2) is 9.59 Å². The third-order valence-corrected chi connectivity index (χ3v) is 10.9. The van der Waals surface area contributed by atoms with Gasteiger partial charge in [0, 0.05) is 11.3 Å². The molecule has 1 aromatic heterocycles. The molecule has 5 aromatic rings. The van der Waals surface area contributed by atoms with Crippen LogP contribution in [0.4, 0.5) is 5.69 Å². The SMILES string of the molecule is CCCCCC(C(=O)NCNC(=O)c1ccc(-c2ccc(C(=O)NC(CC(=O)O)C(O)OCc3ccccc3)c(OCC(=O)OCc3ccccc3)c2)o1)C(CC)N(C=O)OC(=O)c1ccccc1N. The third kappa shape index (κ3) is 15.8. The second-order valence-corrected chi connectivity index (χ2v) is 15.9. The molecule has 4 amide bonds. The minimum atomic E-state index is -1.73. The van der Waals surface area contributed by atoms with Crippen molar-refractivity contribution in [2.24, 2.45) is 5.92 Å². The molecule has 0 aliphatic rings. The summed E-state index contributed by atoms with van der Waals surface area (Å²) in [5, 5.41) is 29.0.